The average molecular weight is 344 g/mol. The Hall–Kier alpha value is -1.24. The van der Waals surface area contributed by atoms with Gasteiger partial charge in [0.05, 0.1) is 7.11 Å². The lowest BCUT2D eigenvalue weighted by atomic mass is 9.57. The van der Waals surface area contributed by atoms with E-state index in [1.807, 2.05) is 7.11 Å². The molecule has 0 saturated heterocycles. The fourth-order valence-electron chi connectivity index (χ4n) is 10.7. The number of hydrogen-bond acceptors (Lipinski definition) is 1. The number of ether oxygens (including phenoxy) is 1. The maximum atomic E-state index is 5.75. The molecule has 12 unspecified atom stereocenters. The number of rotatable bonds is 1. The van der Waals surface area contributed by atoms with Crippen LogP contribution in [0.4, 0.5) is 0 Å². The third kappa shape index (κ3) is 1.28. The second-order valence-electron chi connectivity index (χ2n) is 10.8. The van der Waals surface area contributed by atoms with E-state index < -0.39 is 0 Å². The molecule has 0 aliphatic heterocycles. The van der Waals surface area contributed by atoms with Crippen LogP contribution in [0.15, 0.2) is 30.4 Å². The quantitative estimate of drug-likeness (QED) is 0.519. The normalized spacial score (nSPS) is 58.2. The Morgan fingerprint density at radius 1 is 0.769 bits per heavy atom. The second kappa shape index (κ2) is 4.26. The Morgan fingerprint density at radius 2 is 1.50 bits per heavy atom. The molecule has 1 aromatic rings. The lowest BCUT2D eigenvalue weighted by Gasteiger charge is -2.47. The molecule has 7 aliphatic carbocycles. The van der Waals surface area contributed by atoms with E-state index in [0.717, 1.165) is 71.0 Å². The molecule has 7 aliphatic rings. The van der Waals surface area contributed by atoms with E-state index in [1.165, 1.54) is 18.6 Å². The van der Waals surface area contributed by atoms with Crippen molar-refractivity contribution in [3.8, 4) is 5.75 Å². The van der Waals surface area contributed by atoms with Gasteiger partial charge < -0.3 is 4.74 Å². The molecule has 0 aromatic heterocycles. The monoisotopic (exact) mass is 344 g/mol. The summed E-state index contributed by atoms with van der Waals surface area (Å²) in [6.07, 6.45) is 11.2. The first-order valence-corrected chi connectivity index (χ1v) is 11.2. The molecule has 6 bridgehead atoms. The van der Waals surface area contributed by atoms with Gasteiger partial charge in [0.25, 0.3) is 0 Å². The summed E-state index contributed by atoms with van der Waals surface area (Å²) in [7, 11) is 1.86. The molecule has 0 amide bonds. The SMILES string of the molecule is COc1cccc2c1CC1C3CC(C21)C1C2CC(C4C5C=CC(C5)C24)C31. The van der Waals surface area contributed by atoms with Gasteiger partial charge >= 0.3 is 0 Å². The summed E-state index contributed by atoms with van der Waals surface area (Å²) < 4.78 is 5.75. The van der Waals surface area contributed by atoms with Crippen LogP contribution in [-0.4, -0.2) is 7.11 Å². The van der Waals surface area contributed by atoms with Crippen LogP contribution in [0.1, 0.15) is 36.3 Å². The molecule has 1 nitrogen and oxygen atoms in total. The maximum Gasteiger partial charge on any atom is 0.122 e. The van der Waals surface area contributed by atoms with Gasteiger partial charge in [0, 0.05) is 0 Å². The van der Waals surface area contributed by atoms with Crippen molar-refractivity contribution in [2.24, 2.45) is 65.1 Å². The standard InChI is InChI=1S/C25H28O/c1-26-20-4-2-3-13-14(20)8-15-16-9-19(23(13)15)25-18-10-17(24(16)25)21-11-5-6-12(7-11)22(18)21/h2-6,11-12,15-19,21-25H,7-10H2,1H3. The van der Waals surface area contributed by atoms with Crippen LogP contribution in [0, 0.1) is 65.1 Å². The lowest BCUT2D eigenvalue weighted by Crippen LogP contribution is -2.43. The van der Waals surface area contributed by atoms with Crippen LogP contribution in [0.2, 0.25) is 0 Å². The van der Waals surface area contributed by atoms with Gasteiger partial charge in [0.15, 0.2) is 0 Å². The molecular formula is C25H28O. The van der Waals surface area contributed by atoms with Crippen molar-refractivity contribution in [1.82, 2.24) is 0 Å². The first-order valence-electron chi connectivity index (χ1n) is 11.2. The molecule has 0 heterocycles. The van der Waals surface area contributed by atoms with E-state index in [-0.39, 0.29) is 0 Å². The highest BCUT2D eigenvalue weighted by molar-refractivity contribution is 5.49. The number of benzene rings is 1. The number of allylic oxidation sites excluding steroid dienone is 2. The summed E-state index contributed by atoms with van der Waals surface area (Å²) in [4.78, 5) is 0. The van der Waals surface area contributed by atoms with E-state index >= 15 is 0 Å². The summed E-state index contributed by atoms with van der Waals surface area (Å²) in [6, 6.07) is 6.90. The smallest absolute Gasteiger partial charge is 0.122 e. The van der Waals surface area contributed by atoms with Crippen molar-refractivity contribution >= 4 is 0 Å². The first-order chi connectivity index (χ1) is 12.8. The van der Waals surface area contributed by atoms with Crippen molar-refractivity contribution in [2.75, 3.05) is 7.11 Å². The molecule has 0 spiro atoms. The Labute approximate surface area is 156 Å². The van der Waals surface area contributed by atoms with Crippen molar-refractivity contribution in [3.63, 3.8) is 0 Å². The number of fused-ring (bicyclic) bond motifs is 21. The maximum absolute atomic E-state index is 5.75. The highest BCUT2D eigenvalue weighted by Gasteiger charge is 2.73. The zero-order valence-corrected chi connectivity index (χ0v) is 15.6. The number of methoxy groups -OCH3 is 1. The topological polar surface area (TPSA) is 9.23 Å². The molecule has 134 valence electrons. The molecule has 1 aromatic carbocycles. The Kier molecular flexibility index (Phi) is 2.27. The first kappa shape index (κ1) is 13.9. The van der Waals surface area contributed by atoms with E-state index in [2.05, 4.69) is 30.4 Å². The molecule has 8 rings (SSSR count). The average Bonchev–Trinajstić information content (AvgIpc) is 3.48. The Balaban J connectivity index is 1.23. The molecule has 5 saturated carbocycles. The van der Waals surface area contributed by atoms with Gasteiger partial charge in [0.1, 0.15) is 5.75 Å². The Bertz CT molecular complexity index is 854. The van der Waals surface area contributed by atoms with E-state index in [4.69, 9.17) is 4.74 Å². The van der Waals surface area contributed by atoms with E-state index in [0.29, 0.717) is 0 Å². The van der Waals surface area contributed by atoms with Gasteiger partial charge in [-0.3, -0.25) is 0 Å². The lowest BCUT2D eigenvalue weighted by molar-refractivity contribution is 0.0228. The van der Waals surface area contributed by atoms with Crippen molar-refractivity contribution in [2.45, 2.75) is 31.6 Å². The predicted octanol–water partition coefficient (Wildman–Crippen LogP) is 4.92. The van der Waals surface area contributed by atoms with Gasteiger partial charge in [-0.2, -0.15) is 0 Å². The Morgan fingerprint density at radius 3 is 2.27 bits per heavy atom. The fourth-order valence-corrected chi connectivity index (χ4v) is 10.7. The molecule has 12 atom stereocenters. The van der Waals surface area contributed by atoms with E-state index in [1.54, 1.807) is 24.0 Å². The van der Waals surface area contributed by atoms with Gasteiger partial charge in [-0.25, -0.2) is 0 Å². The molecule has 5 fully saturated rings. The molecule has 0 N–H and O–H groups in total. The van der Waals surface area contributed by atoms with Gasteiger partial charge in [-0.1, -0.05) is 24.3 Å². The third-order valence-electron chi connectivity index (χ3n) is 10.7. The van der Waals surface area contributed by atoms with Crippen LogP contribution >= 0.6 is 0 Å². The van der Waals surface area contributed by atoms with Crippen LogP contribution in [0.5, 0.6) is 5.75 Å². The summed E-state index contributed by atoms with van der Waals surface area (Å²) in [5.41, 5.74) is 3.27. The van der Waals surface area contributed by atoms with Crippen LogP contribution in [0.25, 0.3) is 0 Å². The summed E-state index contributed by atoms with van der Waals surface area (Å²) in [5, 5.41) is 0. The van der Waals surface area contributed by atoms with Gasteiger partial charge in [0.2, 0.25) is 0 Å². The molecular weight excluding hydrogens is 316 g/mol. The van der Waals surface area contributed by atoms with Crippen LogP contribution < -0.4 is 4.74 Å². The van der Waals surface area contributed by atoms with E-state index in [9.17, 15) is 0 Å². The minimum atomic E-state index is 0.873. The second-order valence-corrected chi connectivity index (χ2v) is 10.8. The van der Waals surface area contributed by atoms with Crippen molar-refractivity contribution in [1.29, 1.82) is 0 Å². The highest BCUT2D eigenvalue weighted by atomic mass is 16.5. The van der Waals surface area contributed by atoms with Crippen molar-refractivity contribution < 1.29 is 4.74 Å². The molecule has 26 heavy (non-hydrogen) atoms. The third-order valence-corrected chi connectivity index (χ3v) is 10.7. The largest absolute Gasteiger partial charge is 0.496 e. The van der Waals surface area contributed by atoms with Crippen LogP contribution in [-0.2, 0) is 6.42 Å². The predicted molar refractivity (Wildman–Crippen MR) is 101 cm³/mol. The fraction of sp³-hybridized carbons (Fsp3) is 0.680. The summed E-state index contributed by atoms with van der Waals surface area (Å²) in [6.45, 7) is 0. The molecule has 1 heteroatoms. The van der Waals surface area contributed by atoms with Gasteiger partial charge in [-0.15, -0.1) is 0 Å². The zero-order valence-electron chi connectivity index (χ0n) is 15.6. The minimum Gasteiger partial charge on any atom is -0.496 e. The highest BCUT2D eigenvalue weighted by Crippen LogP contribution is 2.79. The minimum absolute atomic E-state index is 0.873. The number of hydrogen-bond donors (Lipinski definition) is 0. The summed E-state index contributed by atoms with van der Waals surface area (Å²) in [5.74, 6) is 13.5. The summed E-state index contributed by atoms with van der Waals surface area (Å²) >= 11 is 0. The molecule has 0 radical (unpaired) electrons. The zero-order chi connectivity index (χ0) is 16.7. The van der Waals surface area contributed by atoms with Crippen LogP contribution in [0.3, 0.4) is 0 Å². The van der Waals surface area contributed by atoms with Gasteiger partial charge in [-0.05, 0) is 114 Å². The van der Waals surface area contributed by atoms with Crippen molar-refractivity contribution in [3.05, 3.63) is 41.5 Å².